The van der Waals surface area contributed by atoms with E-state index in [4.69, 9.17) is 0 Å². The van der Waals surface area contributed by atoms with E-state index in [1.165, 1.54) is 5.56 Å². The van der Waals surface area contributed by atoms with Crippen molar-refractivity contribution < 1.29 is 4.99 Å². The average Bonchev–Trinajstić information content (AvgIpc) is 2.58. The minimum atomic E-state index is 0.973. The Morgan fingerprint density at radius 2 is 1.32 bits per heavy atom. The molecule has 0 bridgehead atoms. The van der Waals surface area contributed by atoms with Crippen LogP contribution in [0.3, 0.4) is 0 Å². The lowest BCUT2D eigenvalue weighted by atomic mass is 10.1. The van der Waals surface area contributed by atoms with Crippen LogP contribution in [0.4, 0.5) is 11.4 Å². The number of para-hydroxylation sites is 2. The molecule has 0 spiro atoms. The summed E-state index contributed by atoms with van der Waals surface area (Å²) in [6, 6.07) is 28.8. The fourth-order valence-corrected chi connectivity index (χ4v) is 2.29. The predicted octanol–water partition coefficient (Wildman–Crippen LogP) is 3.27. The van der Waals surface area contributed by atoms with Crippen molar-refractivity contribution in [1.82, 2.24) is 0 Å². The molecule has 0 unspecified atom stereocenters. The molecule has 0 aliphatic rings. The molecule has 3 rings (SSSR count). The van der Waals surface area contributed by atoms with Gasteiger partial charge in [0.1, 0.15) is 11.4 Å². The molecule has 0 saturated carbocycles. The molecule has 2 heteroatoms. The van der Waals surface area contributed by atoms with Crippen molar-refractivity contribution in [2.75, 3.05) is 5.32 Å². The van der Waals surface area contributed by atoms with Crippen molar-refractivity contribution in [3.05, 3.63) is 96.1 Å². The Morgan fingerprint density at radius 3 is 2.00 bits per heavy atom. The fraction of sp³-hybridized carbons (Fsp3) is 0.0500. The summed E-state index contributed by atoms with van der Waals surface area (Å²) in [5, 5.41) is 3.48. The molecular formula is C20H19N2+. The first-order valence-corrected chi connectivity index (χ1v) is 7.40. The van der Waals surface area contributed by atoms with Crippen molar-refractivity contribution in [3.63, 3.8) is 0 Å². The Morgan fingerprint density at radius 1 is 0.727 bits per heavy atom. The van der Waals surface area contributed by atoms with Gasteiger partial charge >= 0.3 is 0 Å². The van der Waals surface area contributed by atoms with Crippen molar-refractivity contribution >= 4 is 17.2 Å². The number of benzene rings is 3. The molecule has 3 aromatic carbocycles. The molecule has 0 radical (unpaired) electrons. The van der Waals surface area contributed by atoms with Crippen LogP contribution in [-0.2, 0) is 0 Å². The monoisotopic (exact) mass is 287 g/mol. The van der Waals surface area contributed by atoms with Gasteiger partial charge in [-0.15, -0.1) is 0 Å². The quantitative estimate of drug-likeness (QED) is 0.561. The summed E-state index contributed by atoms with van der Waals surface area (Å²) >= 11 is 0. The summed E-state index contributed by atoms with van der Waals surface area (Å²) in [5.74, 6) is 0.973. The van der Waals surface area contributed by atoms with E-state index in [1.54, 1.807) is 0 Å². The third-order valence-electron chi connectivity index (χ3n) is 3.51. The Kier molecular flexibility index (Phi) is 4.30. The SMILES string of the molecule is Cc1ccccc1[NH+]=C(Nc1ccccc1)c1ccccc1. The second-order valence-electron chi connectivity index (χ2n) is 5.17. The molecule has 0 saturated heterocycles. The summed E-state index contributed by atoms with van der Waals surface area (Å²) in [6.07, 6.45) is 0. The minimum absolute atomic E-state index is 0.973. The van der Waals surface area contributed by atoms with Gasteiger partial charge in [0, 0.05) is 0 Å². The highest BCUT2D eigenvalue weighted by Gasteiger charge is 2.12. The lowest BCUT2D eigenvalue weighted by molar-refractivity contribution is -0.353. The topological polar surface area (TPSA) is 26.0 Å². The lowest BCUT2D eigenvalue weighted by Crippen LogP contribution is -2.69. The van der Waals surface area contributed by atoms with E-state index in [-0.39, 0.29) is 0 Å². The van der Waals surface area contributed by atoms with Crippen LogP contribution in [0.1, 0.15) is 11.1 Å². The number of nitrogens with one attached hydrogen (secondary N) is 2. The number of aryl methyl sites for hydroxylation is 1. The van der Waals surface area contributed by atoms with Crippen LogP contribution in [0.5, 0.6) is 0 Å². The second kappa shape index (κ2) is 6.72. The van der Waals surface area contributed by atoms with E-state index in [1.807, 2.05) is 48.5 Å². The second-order valence-corrected chi connectivity index (χ2v) is 5.17. The summed E-state index contributed by atoms with van der Waals surface area (Å²) in [6.45, 7) is 2.10. The summed E-state index contributed by atoms with van der Waals surface area (Å²) in [7, 11) is 0. The average molecular weight is 287 g/mol. The van der Waals surface area contributed by atoms with Gasteiger partial charge in [-0.2, -0.15) is 0 Å². The standard InChI is InChI=1S/C20H18N2/c1-16-10-8-9-15-19(16)22-20(17-11-4-2-5-12-17)21-18-13-6-3-7-14-18/h2-15H,1H3,(H,21,22)/p+1. The number of rotatable bonds is 3. The first kappa shape index (κ1) is 14.1. The summed E-state index contributed by atoms with van der Waals surface area (Å²) < 4.78 is 0. The van der Waals surface area contributed by atoms with Crippen molar-refractivity contribution in [2.45, 2.75) is 6.92 Å². The summed E-state index contributed by atoms with van der Waals surface area (Å²) in [5.41, 5.74) is 4.49. The van der Waals surface area contributed by atoms with Crippen LogP contribution in [0, 0.1) is 6.92 Å². The first-order valence-electron chi connectivity index (χ1n) is 7.40. The molecule has 2 N–H and O–H groups in total. The number of hydrogen-bond donors (Lipinski definition) is 2. The number of amidine groups is 1. The molecular weight excluding hydrogens is 268 g/mol. The van der Waals surface area contributed by atoms with Gasteiger partial charge in [0.05, 0.1) is 5.56 Å². The van der Waals surface area contributed by atoms with Gasteiger partial charge < -0.3 is 0 Å². The van der Waals surface area contributed by atoms with E-state index >= 15 is 0 Å². The van der Waals surface area contributed by atoms with Crippen LogP contribution in [-0.4, -0.2) is 5.84 Å². The minimum Gasteiger partial charge on any atom is -0.240 e. The van der Waals surface area contributed by atoms with Crippen molar-refractivity contribution in [1.29, 1.82) is 0 Å². The van der Waals surface area contributed by atoms with Gasteiger partial charge in [0.25, 0.3) is 5.84 Å². The predicted molar refractivity (Wildman–Crippen MR) is 92.4 cm³/mol. The third kappa shape index (κ3) is 3.41. The third-order valence-corrected chi connectivity index (χ3v) is 3.51. The van der Waals surface area contributed by atoms with Crippen LogP contribution < -0.4 is 10.3 Å². The molecule has 0 atom stereocenters. The number of anilines is 1. The highest BCUT2D eigenvalue weighted by molar-refractivity contribution is 6.04. The molecule has 0 aliphatic heterocycles. The largest absolute Gasteiger partial charge is 0.285 e. The van der Waals surface area contributed by atoms with Crippen LogP contribution in [0.15, 0.2) is 84.9 Å². The van der Waals surface area contributed by atoms with Crippen LogP contribution in [0.25, 0.3) is 0 Å². The Labute approximate surface area is 131 Å². The normalized spacial score (nSPS) is 11.2. The van der Waals surface area contributed by atoms with Gasteiger partial charge in [0.15, 0.2) is 0 Å². The van der Waals surface area contributed by atoms with Crippen molar-refractivity contribution in [3.8, 4) is 0 Å². The Bertz CT molecular complexity index is 762. The Hall–Kier alpha value is -2.87. The molecule has 0 aromatic heterocycles. The molecule has 22 heavy (non-hydrogen) atoms. The molecule has 0 aliphatic carbocycles. The molecule has 0 heterocycles. The van der Waals surface area contributed by atoms with Crippen LogP contribution in [0.2, 0.25) is 0 Å². The maximum absolute atomic E-state index is 3.52. The first-order chi connectivity index (χ1) is 10.8. The lowest BCUT2D eigenvalue weighted by Gasteiger charge is -2.05. The zero-order valence-electron chi connectivity index (χ0n) is 12.6. The summed E-state index contributed by atoms with van der Waals surface area (Å²) in [4.78, 5) is 3.52. The molecule has 3 aromatic rings. The van der Waals surface area contributed by atoms with Gasteiger partial charge in [-0.25, -0.2) is 10.3 Å². The van der Waals surface area contributed by atoms with E-state index in [9.17, 15) is 0 Å². The van der Waals surface area contributed by atoms with Gasteiger partial charge in [-0.05, 0) is 42.8 Å². The van der Waals surface area contributed by atoms with Crippen LogP contribution >= 0.6 is 0 Å². The van der Waals surface area contributed by atoms with Crippen molar-refractivity contribution in [2.24, 2.45) is 0 Å². The fourth-order valence-electron chi connectivity index (χ4n) is 2.29. The highest BCUT2D eigenvalue weighted by Crippen LogP contribution is 2.09. The maximum atomic E-state index is 3.52. The maximum Gasteiger partial charge on any atom is 0.285 e. The molecule has 2 nitrogen and oxygen atoms in total. The van der Waals surface area contributed by atoms with Gasteiger partial charge in [-0.1, -0.05) is 54.6 Å². The molecule has 0 amide bonds. The zero-order chi connectivity index (χ0) is 15.2. The molecule has 0 fully saturated rings. The van der Waals surface area contributed by atoms with Gasteiger partial charge in [-0.3, -0.25) is 0 Å². The number of hydrogen-bond acceptors (Lipinski definition) is 0. The zero-order valence-corrected chi connectivity index (χ0v) is 12.6. The van der Waals surface area contributed by atoms with E-state index in [0.29, 0.717) is 0 Å². The highest BCUT2D eigenvalue weighted by atomic mass is 15.0. The van der Waals surface area contributed by atoms with E-state index < -0.39 is 0 Å². The van der Waals surface area contributed by atoms with E-state index in [2.05, 4.69) is 53.6 Å². The van der Waals surface area contributed by atoms with Gasteiger partial charge in [0.2, 0.25) is 0 Å². The smallest absolute Gasteiger partial charge is 0.240 e. The Balaban J connectivity index is 2.02. The molecule has 108 valence electrons. The van der Waals surface area contributed by atoms with E-state index in [0.717, 1.165) is 22.8 Å².